The van der Waals surface area contributed by atoms with Crippen molar-refractivity contribution in [2.75, 3.05) is 32.8 Å². The molecule has 2 rings (SSSR count). The van der Waals surface area contributed by atoms with Crippen molar-refractivity contribution in [2.45, 2.75) is 19.4 Å². The Kier molecular flexibility index (Phi) is 5.45. The predicted octanol–water partition coefficient (Wildman–Crippen LogP) is 1.57. The first-order valence-electron chi connectivity index (χ1n) is 7.19. The molecule has 1 saturated heterocycles. The number of aromatic hydroxyl groups is 1. The lowest BCUT2D eigenvalue weighted by Gasteiger charge is -2.38. The van der Waals surface area contributed by atoms with Gasteiger partial charge in [-0.15, -0.1) is 0 Å². The maximum atomic E-state index is 12.4. The Bertz CT molecular complexity index is 498. The zero-order valence-electron chi connectivity index (χ0n) is 12.1. The number of piperazine rings is 1. The lowest BCUT2D eigenvalue weighted by molar-refractivity contribution is 0.0470. The first-order valence-corrected chi connectivity index (χ1v) is 7.57. The minimum atomic E-state index is -0.202. The van der Waals surface area contributed by atoms with Gasteiger partial charge in [0.25, 0.3) is 5.91 Å². The van der Waals surface area contributed by atoms with Crippen molar-refractivity contribution in [3.8, 4) is 5.75 Å². The summed E-state index contributed by atoms with van der Waals surface area (Å²) in [4.78, 5) is 16.3. The SMILES string of the molecule is CCC(CO)N1CCN(C(=O)c2cc(Cl)ccc2O)CC1. The van der Waals surface area contributed by atoms with Gasteiger partial charge in [-0.3, -0.25) is 9.69 Å². The number of halogens is 1. The molecule has 6 heteroatoms. The third-order valence-electron chi connectivity index (χ3n) is 3.99. The summed E-state index contributed by atoms with van der Waals surface area (Å²) >= 11 is 5.88. The molecule has 0 aromatic heterocycles. The van der Waals surface area contributed by atoms with Crippen molar-refractivity contribution in [3.05, 3.63) is 28.8 Å². The molecule has 1 aromatic carbocycles. The lowest BCUT2D eigenvalue weighted by atomic mass is 10.1. The monoisotopic (exact) mass is 312 g/mol. The van der Waals surface area contributed by atoms with E-state index in [1.54, 1.807) is 11.0 Å². The molecule has 1 unspecified atom stereocenters. The van der Waals surface area contributed by atoms with E-state index in [4.69, 9.17) is 11.6 Å². The Balaban J connectivity index is 2.02. The zero-order valence-corrected chi connectivity index (χ0v) is 12.9. The van der Waals surface area contributed by atoms with Crippen LogP contribution in [0.3, 0.4) is 0 Å². The summed E-state index contributed by atoms with van der Waals surface area (Å²) in [5, 5.41) is 19.6. The fraction of sp³-hybridized carbons (Fsp3) is 0.533. The van der Waals surface area contributed by atoms with E-state index in [1.807, 2.05) is 6.92 Å². The first kappa shape index (κ1) is 16.1. The van der Waals surface area contributed by atoms with Crippen LogP contribution in [0.25, 0.3) is 0 Å². The van der Waals surface area contributed by atoms with Crippen molar-refractivity contribution in [2.24, 2.45) is 0 Å². The zero-order chi connectivity index (χ0) is 15.4. The highest BCUT2D eigenvalue weighted by Gasteiger charge is 2.26. The van der Waals surface area contributed by atoms with Crippen molar-refractivity contribution in [1.82, 2.24) is 9.80 Å². The van der Waals surface area contributed by atoms with Crippen LogP contribution >= 0.6 is 11.6 Å². The number of rotatable bonds is 4. The Morgan fingerprint density at radius 1 is 1.33 bits per heavy atom. The summed E-state index contributed by atoms with van der Waals surface area (Å²) in [5.74, 6) is -0.250. The molecular weight excluding hydrogens is 292 g/mol. The third-order valence-corrected chi connectivity index (χ3v) is 4.22. The number of hydrogen-bond donors (Lipinski definition) is 2. The molecule has 1 amide bonds. The van der Waals surface area contributed by atoms with Crippen LogP contribution in [0.4, 0.5) is 0 Å². The highest BCUT2D eigenvalue weighted by atomic mass is 35.5. The molecule has 1 atom stereocenters. The van der Waals surface area contributed by atoms with E-state index in [0.717, 1.165) is 19.5 Å². The molecule has 0 radical (unpaired) electrons. The molecule has 1 heterocycles. The molecule has 1 aliphatic heterocycles. The molecule has 0 spiro atoms. The topological polar surface area (TPSA) is 64.0 Å². The van der Waals surface area contributed by atoms with Crippen LogP contribution in [0.1, 0.15) is 23.7 Å². The van der Waals surface area contributed by atoms with Gasteiger partial charge in [-0.1, -0.05) is 18.5 Å². The molecule has 1 fully saturated rings. The minimum absolute atomic E-state index is 0.0476. The largest absolute Gasteiger partial charge is 0.507 e. The van der Waals surface area contributed by atoms with Gasteiger partial charge in [-0.05, 0) is 24.6 Å². The van der Waals surface area contributed by atoms with Crippen molar-refractivity contribution < 1.29 is 15.0 Å². The van der Waals surface area contributed by atoms with Crippen LogP contribution in [-0.4, -0.2) is 64.7 Å². The van der Waals surface area contributed by atoms with E-state index >= 15 is 0 Å². The molecule has 5 nitrogen and oxygen atoms in total. The average Bonchev–Trinajstić information content (AvgIpc) is 2.51. The highest BCUT2D eigenvalue weighted by molar-refractivity contribution is 6.31. The number of nitrogens with zero attached hydrogens (tertiary/aromatic N) is 2. The molecule has 1 aliphatic rings. The molecule has 2 N–H and O–H groups in total. The smallest absolute Gasteiger partial charge is 0.257 e. The second-order valence-corrected chi connectivity index (χ2v) is 5.67. The number of phenolic OH excluding ortho intramolecular Hbond substituents is 1. The van der Waals surface area contributed by atoms with Crippen LogP contribution in [0.5, 0.6) is 5.75 Å². The molecule has 0 bridgehead atoms. The van der Waals surface area contributed by atoms with Gasteiger partial charge in [0, 0.05) is 37.2 Å². The Morgan fingerprint density at radius 3 is 2.57 bits per heavy atom. The maximum Gasteiger partial charge on any atom is 0.257 e. The van der Waals surface area contributed by atoms with E-state index in [-0.39, 0.29) is 29.9 Å². The molecule has 1 aromatic rings. The Labute approximate surface area is 129 Å². The maximum absolute atomic E-state index is 12.4. The van der Waals surface area contributed by atoms with Crippen LogP contribution in [0.2, 0.25) is 5.02 Å². The molecule has 21 heavy (non-hydrogen) atoms. The van der Waals surface area contributed by atoms with Gasteiger partial charge in [-0.2, -0.15) is 0 Å². The second-order valence-electron chi connectivity index (χ2n) is 5.23. The van der Waals surface area contributed by atoms with E-state index < -0.39 is 0 Å². The van der Waals surface area contributed by atoms with Crippen molar-refractivity contribution >= 4 is 17.5 Å². The van der Waals surface area contributed by atoms with Gasteiger partial charge < -0.3 is 15.1 Å². The van der Waals surface area contributed by atoms with Crippen LogP contribution in [0, 0.1) is 0 Å². The summed E-state index contributed by atoms with van der Waals surface area (Å²) in [6.07, 6.45) is 0.888. The number of benzene rings is 1. The quantitative estimate of drug-likeness (QED) is 0.886. The van der Waals surface area contributed by atoms with Crippen molar-refractivity contribution in [3.63, 3.8) is 0 Å². The average molecular weight is 313 g/mol. The minimum Gasteiger partial charge on any atom is -0.507 e. The van der Waals surface area contributed by atoms with E-state index in [2.05, 4.69) is 4.90 Å². The normalized spacial score (nSPS) is 17.8. The second kappa shape index (κ2) is 7.11. The van der Waals surface area contributed by atoms with Crippen molar-refractivity contribution in [1.29, 1.82) is 0 Å². The van der Waals surface area contributed by atoms with Crippen LogP contribution in [0.15, 0.2) is 18.2 Å². The highest BCUT2D eigenvalue weighted by Crippen LogP contribution is 2.23. The van der Waals surface area contributed by atoms with Gasteiger partial charge in [0.05, 0.1) is 12.2 Å². The number of amides is 1. The third kappa shape index (κ3) is 3.67. The standard InChI is InChI=1S/C15H21ClN2O3/c1-2-12(10-19)17-5-7-18(8-6-17)15(21)13-9-11(16)3-4-14(13)20/h3-4,9,12,19-20H,2,5-8,10H2,1H3. The van der Waals surface area contributed by atoms with Crippen LogP contribution < -0.4 is 0 Å². The number of carbonyl (C=O) groups is 1. The Morgan fingerprint density at radius 2 is 2.00 bits per heavy atom. The van der Waals surface area contributed by atoms with Gasteiger partial charge in [0.2, 0.25) is 0 Å². The lowest BCUT2D eigenvalue weighted by Crippen LogP contribution is -2.52. The summed E-state index contributed by atoms with van der Waals surface area (Å²) in [5.41, 5.74) is 0.241. The van der Waals surface area contributed by atoms with E-state index in [1.165, 1.54) is 12.1 Å². The summed E-state index contributed by atoms with van der Waals surface area (Å²) in [6, 6.07) is 4.64. The number of phenols is 1. The number of hydrogen-bond acceptors (Lipinski definition) is 4. The molecule has 0 aliphatic carbocycles. The fourth-order valence-corrected chi connectivity index (χ4v) is 2.81. The fourth-order valence-electron chi connectivity index (χ4n) is 2.64. The van der Waals surface area contributed by atoms with Crippen LogP contribution in [-0.2, 0) is 0 Å². The van der Waals surface area contributed by atoms with Gasteiger partial charge >= 0.3 is 0 Å². The number of aliphatic hydroxyl groups excluding tert-OH is 1. The van der Waals surface area contributed by atoms with E-state index in [0.29, 0.717) is 18.1 Å². The first-order chi connectivity index (χ1) is 10.1. The molecule has 116 valence electrons. The number of aliphatic hydroxyl groups is 1. The summed E-state index contributed by atoms with van der Waals surface area (Å²) in [6.45, 7) is 4.81. The molecule has 0 saturated carbocycles. The van der Waals surface area contributed by atoms with Gasteiger partial charge in [0.15, 0.2) is 0 Å². The summed E-state index contributed by atoms with van der Waals surface area (Å²) < 4.78 is 0. The number of carbonyl (C=O) groups excluding carboxylic acids is 1. The molecular formula is C15H21ClN2O3. The Hall–Kier alpha value is -1.30. The van der Waals surface area contributed by atoms with Gasteiger partial charge in [-0.25, -0.2) is 0 Å². The predicted molar refractivity (Wildman–Crippen MR) is 81.8 cm³/mol. The van der Waals surface area contributed by atoms with E-state index in [9.17, 15) is 15.0 Å². The summed E-state index contributed by atoms with van der Waals surface area (Å²) in [7, 11) is 0. The van der Waals surface area contributed by atoms with Gasteiger partial charge in [0.1, 0.15) is 5.75 Å².